The number of piperidine rings is 1. The number of hydrogen-bond donors (Lipinski definition) is 0. The lowest BCUT2D eigenvalue weighted by Crippen LogP contribution is -2.35. The highest BCUT2D eigenvalue weighted by molar-refractivity contribution is 5.56. The lowest BCUT2D eigenvalue weighted by Gasteiger charge is -2.32. The SMILES string of the molecule is Cc1ccc(N2CCC(F)CC2)c(C(F)(F)F)c1. The number of hydrogen-bond acceptors (Lipinski definition) is 1. The molecule has 1 aromatic carbocycles. The Hall–Kier alpha value is -1.26. The average Bonchev–Trinajstić information content (AvgIpc) is 2.29. The number of aryl methyl sites for hydroxylation is 1. The van der Waals surface area contributed by atoms with Gasteiger partial charge in [0.1, 0.15) is 6.17 Å². The molecule has 1 aliphatic heterocycles. The molecule has 0 amide bonds. The Balaban J connectivity index is 2.32. The van der Waals surface area contributed by atoms with Gasteiger partial charge in [0.25, 0.3) is 0 Å². The van der Waals surface area contributed by atoms with E-state index in [4.69, 9.17) is 0 Å². The number of alkyl halides is 4. The maximum Gasteiger partial charge on any atom is 0.418 e. The van der Waals surface area contributed by atoms with Gasteiger partial charge < -0.3 is 4.90 Å². The highest BCUT2D eigenvalue weighted by Crippen LogP contribution is 2.38. The second-order valence-corrected chi connectivity index (χ2v) is 4.68. The summed E-state index contributed by atoms with van der Waals surface area (Å²) in [5, 5.41) is 0. The van der Waals surface area contributed by atoms with Crippen molar-refractivity contribution in [3.05, 3.63) is 29.3 Å². The highest BCUT2D eigenvalue weighted by atomic mass is 19.4. The van der Waals surface area contributed by atoms with Gasteiger partial charge in [-0.25, -0.2) is 4.39 Å². The number of nitrogens with zero attached hydrogens (tertiary/aromatic N) is 1. The van der Waals surface area contributed by atoms with E-state index < -0.39 is 17.9 Å². The Morgan fingerprint density at radius 1 is 1.17 bits per heavy atom. The topological polar surface area (TPSA) is 3.24 Å². The van der Waals surface area contributed by atoms with Crippen molar-refractivity contribution in [2.45, 2.75) is 32.1 Å². The number of rotatable bonds is 1. The second-order valence-electron chi connectivity index (χ2n) is 4.68. The minimum absolute atomic E-state index is 0.167. The van der Waals surface area contributed by atoms with E-state index in [2.05, 4.69) is 0 Å². The first kappa shape index (κ1) is 13.2. The van der Waals surface area contributed by atoms with E-state index in [1.165, 1.54) is 6.07 Å². The third kappa shape index (κ3) is 2.76. The largest absolute Gasteiger partial charge is 0.418 e. The first-order valence-corrected chi connectivity index (χ1v) is 5.95. The Morgan fingerprint density at radius 3 is 2.33 bits per heavy atom. The standard InChI is InChI=1S/C13H15F4N/c1-9-2-3-12(11(8-9)13(15,16)17)18-6-4-10(14)5-7-18/h2-3,8,10H,4-7H2,1H3. The van der Waals surface area contributed by atoms with Gasteiger partial charge in [0.2, 0.25) is 0 Å². The molecule has 0 N–H and O–H groups in total. The lowest BCUT2D eigenvalue weighted by molar-refractivity contribution is -0.137. The van der Waals surface area contributed by atoms with Gasteiger partial charge >= 0.3 is 6.18 Å². The lowest BCUT2D eigenvalue weighted by atomic mass is 10.0. The van der Waals surface area contributed by atoms with Crippen LogP contribution in [0.2, 0.25) is 0 Å². The molecule has 0 aliphatic carbocycles. The zero-order valence-electron chi connectivity index (χ0n) is 10.1. The molecule has 2 rings (SSSR count). The van der Waals surface area contributed by atoms with Gasteiger partial charge in [-0.15, -0.1) is 0 Å². The van der Waals surface area contributed by atoms with E-state index in [1.54, 1.807) is 17.9 Å². The monoisotopic (exact) mass is 261 g/mol. The van der Waals surface area contributed by atoms with E-state index >= 15 is 0 Å². The molecule has 18 heavy (non-hydrogen) atoms. The molecular formula is C13H15F4N. The summed E-state index contributed by atoms with van der Waals surface area (Å²) < 4.78 is 51.9. The van der Waals surface area contributed by atoms with E-state index in [9.17, 15) is 17.6 Å². The summed E-state index contributed by atoms with van der Waals surface area (Å²) in [5.74, 6) is 0. The molecule has 0 radical (unpaired) electrons. The molecular weight excluding hydrogens is 246 g/mol. The molecule has 5 heteroatoms. The molecule has 0 atom stereocenters. The van der Waals surface area contributed by atoms with Crippen LogP contribution in [0.4, 0.5) is 23.2 Å². The molecule has 0 aromatic heterocycles. The van der Waals surface area contributed by atoms with Crippen LogP contribution in [0.25, 0.3) is 0 Å². The molecule has 1 saturated heterocycles. The van der Waals surface area contributed by atoms with Crippen LogP contribution in [0, 0.1) is 6.92 Å². The first-order valence-electron chi connectivity index (χ1n) is 5.95. The van der Waals surface area contributed by atoms with Gasteiger partial charge in [-0.05, 0) is 31.9 Å². The predicted octanol–water partition coefficient (Wildman–Crippen LogP) is 3.95. The summed E-state index contributed by atoms with van der Waals surface area (Å²) in [4.78, 5) is 1.62. The number of halogens is 4. The molecule has 1 nitrogen and oxygen atoms in total. The number of benzene rings is 1. The molecule has 0 bridgehead atoms. The van der Waals surface area contributed by atoms with Crippen molar-refractivity contribution >= 4 is 5.69 Å². The van der Waals surface area contributed by atoms with Crippen LogP contribution in [-0.2, 0) is 6.18 Å². The van der Waals surface area contributed by atoms with E-state index in [-0.39, 0.29) is 5.69 Å². The Bertz CT molecular complexity index is 419. The van der Waals surface area contributed by atoms with Crippen LogP contribution >= 0.6 is 0 Å². The van der Waals surface area contributed by atoms with Crippen LogP contribution in [-0.4, -0.2) is 19.3 Å². The summed E-state index contributed by atoms with van der Waals surface area (Å²) in [6.07, 6.45) is -4.66. The quantitative estimate of drug-likeness (QED) is 0.692. The molecule has 1 aliphatic rings. The molecule has 0 unspecified atom stereocenters. The fourth-order valence-electron chi connectivity index (χ4n) is 2.24. The smallest absolute Gasteiger partial charge is 0.371 e. The van der Waals surface area contributed by atoms with Crippen LogP contribution < -0.4 is 4.90 Å². The van der Waals surface area contributed by atoms with Crippen LogP contribution in [0.15, 0.2) is 18.2 Å². The van der Waals surface area contributed by atoms with Crippen molar-refractivity contribution in [3.63, 3.8) is 0 Å². The van der Waals surface area contributed by atoms with Crippen LogP contribution in [0.3, 0.4) is 0 Å². The van der Waals surface area contributed by atoms with Crippen LogP contribution in [0.5, 0.6) is 0 Å². The minimum atomic E-state index is -4.37. The maximum atomic E-state index is 13.0. The second kappa shape index (κ2) is 4.78. The Kier molecular flexibility index (Phi) is 3.50. The van der Waals surface area contributed by atoms with Gasteiger partial charge in [-0.3, -0.25) is 0 Å². The zero-order chi connectivity index (χ0) is 13.3. The van der Waals surface area contributed by atoms with Crippen molar-refractivity contribution < 1.29 is 17.6 Å². The normalized spacial score (nSPS) is 18.2. The minimum Gasteiger partial charge on any atom is -0.371 e. The fourth-order valence-corrected chi connectivity index (χ4v) is 2.24. The van der Waals surface area contributed by atoms with Crippen molar-refractivity contribution in [1.29, 1.82) is 0 Å². The van der Waals surface area contributed by atoms with Crippen molar-refractivity contribution in [2.75, 3.05) is 18.0 Å². The van der Waals surface area contributed by atoms with E-state index in [0.717, 1.165) is 6.07 Å². The third-order valence-electron chi connectivity index (χ3n) is 3.22. The fraction of sp³-hybridized carbons (Fsp3) is 0.538. The predicted molar refractivity (Wildman–Crippen MR) is 62.5 cm³/mol. The molecule has 0 spiro atoms. The van der Waals surface area contributed by atoms with Gasteiger partial charge in [-0.2, -0.15) is 13.2 Å². The molecule has 1 aromatic rings. The van der Waals surface area contributed by atoms with E-state index in [1.807, 2.05) is 0 Å². The third-order valence-corrected chi connectivity index (χ3v) is 3.22. The molecule has 100 valence electrons. The van der Waals surface area contributed by atoms with Crippen molar-refractivity contribution in [1.82, 2.24) is 0 Å². The first-order chi connectivity index (χ1) is 8.38. The van der Waals surface area contributed by atoms with Gasteiger partial charge in [0, 0.05) is 18.8 Å². The zero-order valence-corrected chi connectivity index (χ0v) is 10.1. The van der Waals surface area contributed by atoms with E-state index in [0.29, 0.717) is 31.5 Å². The summed E-state index contributed by atoms with van der Waals surface area (Å²) >= 11 is 0. The number of anilines is 1. The summed E-state index contributed by atoms with van der Waals surface area (Å²) in [6.45, 7) is 2.31. The van der Waals surface area contributed by atoms with Crippen molar-refractivity contribution in [2.24, 2.45) is 0 Å². The van der Waals surface area contributed by atoms with Crippen LogP contribution in [0.1, 0.15) is 24.0 Å². The van der Waals surface area contributed by atoms with Gasteiger partial charge in [0.05, 0.1) is 5.56 Å². The van der Waals surface area contributed by atoms with Gasteiger partial charge in [-0.1, -0.05) is 11.6 Å². The van der Waals surface area contributed by atoms with Gasteiger partial charge in [0.15, 0.2) is 0 Å². The molecule has 1 fully saturated rings. The molecule has 1 heterocycles. The highest BCUT2D eigenvalue weighted by Gasteiger charge is 2.35. The summed E-state index contributed by atoms with van der Waals surface area (Å²) in [7, 11) is 0. The Labute approximate surface area is 103 Å². The average molecular weight is 261 g/mol. The molecule has 0 saturated carbocycles. The summed E-state index contributed by atoms with van der Waals surface area (Å²) in [6, 6.07) is 4.29. The Morgan fingerprint density at radius 2 is 1.78 bits per heavy atom. The maximum absolute atomic E-state index is 13.0. The summed E-state index contributed by atoms with van der Waals surface area (Å²) in [5.41, 5.74) is 0.117. The van der Waals surface area contributed by atoms with Crippen molar-refractivity contribution in [3.8, 4) is 0 Å².